The van der Waals surface area contributed by atoms with Gasteiger partial charge in [0, 0.05) is 18.8 Å². The molecule has 94 valence electrons. The molecule has 0 radical (unpaired) electrons. The van der Waals surface area contributed by atoms with Crippen molar-refractivity contribution in [2.24, 2.45) is 5.92 Å². The topological polar surface area (TPSA) is 29.9 Å². The maximum atomic E-state index is 4.42. The third-order valence-electron chi connectivity index (χ3n) is 4.31. The lowest BCUT2D eigenvalue weighted by molar-refractivity contribution is 0.442. The molecule has 2 aliphatic carbocycles. The zero-order valence-electron chi connectivity index (χ0n) is 10.7. The van der Waals surface area contributed by atoms with Crippen LogP contribution < -0.4 is 5.32 Å². The number of hydrogen-bond acceptors (Lipinski definition) is 2. The van der Waals surface area contributed by atoms with Gasteiger partial charge in [0.25, 0.3) is 0 Å². The van der Waals surface area contributed by atoms with Gasteiger partial charge in [0.2, 0.25) is 0 Å². The lowest BCUT2D eigenvalue weighted by Gasteiger charge is -2.18. The summed E-state index contributed by atoms with van der Waals surface area (Å²) in [5.41, 5.74) is 1.46. The van der Waals surface area contributed by atoms with E-state index in [1.165, 1.54) is 44.2 Å². The lowest BCUT2D eigenvalue weighted by Crippen LogP contribution is -2.26. The summed E-state index contributed by atoms with van der Waals surface area (Å²) in [7, 11) is 0. The van der Waals surface area contributed by atoms with Gasteiger partial charge in [-0.05, 0) is 56.6 Å². The minimum Gasteiger partial charge on any atom is -0.314 e. The van der Waals surface area contributed by atoms with Gasteiger partial charge in [-0.2, -0.15) is 5.10 Å². The van der Waals surface area contributed by atoms with Crippen molar-refractivity contribution >= 4 is 0 Å². The van der Waals surface area contributed by atoms with E-state index in [-0.39, 0.29) is 0 Å². The van der Waals surface area contributed by atoms with Gasteiger partial charge in [-0.3, -0.25) is 4.68 Å². The van der Waals surface area contributed by atoms with Crippen LogP contribution in [0.5, 0.6) is 0 Å². The highest BCUT2D eigenvalue weighted by molar-refractivity contribution is 5.15. The van der Waals surface area contributed by atoms with E-state index in [2.05, 4.69) is 34.4 Å². The quantitative estimate of drug-likeness (QED) is 0.847. The van der Waals surface area contributed by atoms with Gasteiger partial charge in [0.1, 0.15) is 0 Å². The number of nitrogens with zero attached hydrogens (tertiary/aromatic N) is 2. The highest BCUT2D eigenvalue weighted by Crippen LogP contribution is 2.39. The van der Waals surface area contributed by atoms with Crippen molar-refractivity contribution in [2.45, 2.75) is 57.5 Å². The molecule has 0 spiro atoms. The zero-order chi connectivity index (χ0) is 11.7. The van der Waals surface area contributed by atoms with Crippen molar-refractivity contribution in [2.75, 3.05) is 6.54 Å². The molecule has 2 atom stereocenters. The van der Waals surface area contributed by atoms with Crippen LogP contribution in [-0.2, 0) is 6.54 Å². The Kier molecular flexibility index (Phi) is 3.19. The molecule has 0 aromatic carbocycles. The van der Waals surface area contributed by atoms with Crippen molar-refractivity contribution < 1.29 is 0 Å². The molecule has 2 saturated carbocycles. The van der Waals surface area contributed by atoms with Crippen LogP contribution in [0, 0.1) is 5.92 Å². The molecule has 2 fully saturated rings. The van der Waals surface area contributed by atoms with E-state index in [9.17, 15) is 0 Å². The van der Waals surface area contributed by atoms with Crippen LogP contribution in [0.1, 0.15) is 50.5 Å². The van der Waals surface area contributed by atoms with Crippen LogP contribution in [0.2, 0.25) is 0 Å². The maximum absolute atomic E-state index is 4.42. The molecule has 0 saturated heterocycles. The van der Waals surface area contributed by atoms with Gasteiger partial charge >= 0.3 is 0 Å². The van der Waals surface area contributed by atoms with Crippen molar-refractivity contribution in [3.05, 3.63) is 18.0 Å². The molecular formula is C14H23N3. The number of rotatable bonds is 5. The first-order chi connectivity index (χ1) is 8.36. The average molecular weight is 233 g/mol. The summed E-state index contributed by atoms with van der Waals surface area (Å²) in [5.74, 6) is 1.59. The summed E-state index contributed by atoms with van der Waals surface area (Å²) in [6, 6.07) is 0.842. The van der Waals surface area contributed by atoms with Crippen LogP contribution in [0.15, 0.2) is 12.4 Å². The minimum atomic E-state index is 0.751. The molecule has 2 unspecified atom stereocenters. The predicted octanol–water partition coefficient (Wildman–Crippen LogP) is 2.54. The summed E-state index contributed by atoms with van der Waals surface area (Å²) in [4.78, 5) is 0. The second-order valence-corrected chi connectivity index (χ2v) is 5.61. The standard InChI is InChI=1S/C14H23N3/c1-2-17-10-12(9-16-17)14-5-3-4-11(14)8-15-13-6-7-13/h9-11,13-15H,2-8H2,1H3. The van der Waals surface area contributed by atoms with Gasteiger partial charge in [-0.15, -0.1) is 0 Å². The fourth-order valence-corrected chi connectivity index (χ4v) is 3.07. The van der Waals surface area contributed by atoms with Crippen molar-refractivity contribution in [1.82, 2.24) is 15.1 Å². The van der Waals surface area contributed by atoms with Crippen LogP contribution in [0.3, 0.4) is 0 Å². The Morgan fingerprint density at radius 2 is 2.24 bits per heavy atom. The Hall–Kier alpha value is -0.830. The Balaban J connectivity index is 1.63. The fourth-order valence-electron chi connectivity index (χ4n) is 3.07. The molecule has 2 aliphatic rings. The normalized spacial score (nSPS) is 28.8. The molecule has 3 rings (SSSR count). The predicted molar refractivity (Wildman–Crippen MR) is 69.0 cm³/mol. The molecule has 17 heavy (non-hydrogen) atoms. The number of aryl methyl sites for hydroxylation is 1. The molecule has 0 aliphatic heterocycles. The Labute approximate surface area is 104 Å². The first-order valence-corrected chi connectivity index (χ1v) is 7.12. The first kappa shape index (κ1) is 11.3. The van der Waals surface area contributed by atoms with Crippen LogP contribution in [-0.4, -0.2) is 22.4 Å². The third-order valence-corrected chi connectivity index (χ3v) is 4.31. The van der Waals surface area contributed by atoms with E-state index >= 15 is 0 Å². The van der Waals surface area contributed by atoms with Gasteiger partial charge in [-0.25, -0.2) is 0 Å². The Morgan fingerprint density at radius 3 is 2.94 bits per heavy atom. The van der Waals surface area contributed by atoms with Crippen LogP contribution >= 0.6 is 0 Å². The molecule has 1 aromatic rings. The monoisotopic (exact) mass is 233 g/mol. The summed E-state index contributed by atoms with van der Waals surface area (Å²) < 4.78 is 2.05. The SMILES string of the molecule is CCn1cc(C2CCCC2CNC2CC2)cn1. The molecule has 1 heterocycles. The van der Waals surface area contributed by atoms with Gasteiger partial charge in [0.05, 0.1) is 6.20 Å². The van der Waals surface area contributed by atoms with E-state index in [1.807, 2.05) is 0 Å². The van der Waals surface area contributed by atoms with E-state index in [4.69, 9.17) is 0 Å². The molecule has 1 aromatic heterocycles. The van der Waals surface area contributed by atoms with Gasteiger partial charge in [-0.1, -0.05) is 6.42 Å². The second-order valence-electron chi connectivity index (χ2n) is 5.61. The molecular weight excluding hydrogens is 210 g/mol. The highest BCUT2D eigenvalue weighted by Gasteiger charge is 2.31. The third kappa shape index (κ3) is 2.54. The Bertz CT molecular complexity index is 367. The second kappa shape index (κ2) is 4.81. The van der Waals surface area contributed by atoms with Crippen LogP contribution in [0.4, 0.5) is 0 Å². The largest absolute Gasteiger partial charge is 0.314 e. The molecule has 3 nitrogen and oxygen atoms in total. The number of hydrogen-bond donors (Lipinski definition) is 1. The zero-order valence-corrected chi connectivity index (χ0v) is 10.7. The lowest BCUT2D eigenvalue weighted by atomic mass is 9.91. The van der Waals surface area contributed by atoms with E-state index in [0.29, 0.717) is 0 Å². The number of nitrogens with one attached hydrogen (secondary N) is 1. The maximum Gasteiger partial charge on any atom is 0.0524 e. The van der Waals surface area contributed by atoms with Gasteiger partial charge < -0.3 is 5.32 Å². The smallest absolute Gasteiger partial charge is 0.0524 e. The molecule has 1 N–H and O–H groups in total. The van der Waals surface area contributed by atoms with E-state index in [1.54, 1.807) is 0 Å². The first-order valence-electron chi connectivity index (χ1n) is 7.12. The summed E-state index contributed by atoms with van der Waals surface area (Å²) >= 11 is 0. The highest BCUT2D eigenvalue weighted by atomic mass is 15.3. The molecule has 0 bridgehead atoms. The Morgan fingerprint density at radius 1 is 1.35 bits per heavy atom. The molecule has 3 heteroatoms. The summed E-state index contributed by atoms with van der Waals surface area (Å²) in [6.07, 6.45) is 11.3. The summed E-state index contributed by atoms with van der Waals surface area (Å²) in [5, 5.41) is 8.11. The molecule has 0 amide bonds. The summed E-state index contributed by atoms with van der Waals surface area (Å²) in [6.45, 7) is 4.35. The van der Waals surface area contributed by atoms with Crippen molar-refractivity contribution in [1.29, 1.82) is 0 Å². The number of aromatic nitrogens is 2. The average Bonchev–Trinajstić information content (AvgIpc) is 2.89. The van der Waals surface area contributed by atoms with Crippen LogP contribution in [0.25, 0.3) is 0 Å². The van der Waals surface area contributed by atoms with Crippen molar-refractivity contribution in [3.8, 4) is 0 Å². The fraction of sp³-hybridized carbons (Fsp3) is 0.786. The van der Waals surface area contributed by atoms with Gasteiger partial charge in [0.15, 0.2) is 0 Å². The minimum absolute atomic E-state index is 0.751. The van der Waals surface area contributed by atoms with E-state index in [0.717, 1.165) is 24.4 Å². The van der Waals surface area contributed by atoms with Crippen molar-refractivity contribution in [3.63, 3.8) is 0 Å². The van der Waals surface area contributed by atoms with E-state index < -0.39 is 0 Å².